The van der Waals surface area contributed by atoms with Gasteiger partial charge >= 0.3 is 6.03 Å². The Balaban J connectivity index is 1.35. The van der Waals surface area contributed by atoms with Crippen LogP contribution >= 0.6 is 0 Å². The van der Waals surface area contributed by atoms with Crippen LogP contribution in [0.2, 0.25) is 0 Å². The second-order valence-electron chi connectivity index (χ2n) is 8.48. The van der Waals surface area contributed by atoms with Crippen LogP contribution in [-0.2, 0) is 4.74 Å². The van der Waals surface area contributed by atoms with Crippen molar-refractivity contribution in [1.29, 1.82) is 0 Å². The van der Waals surface area contributed by atoms with Crippen LogP contribution in [0.1, 0.15) is 50.1 Å². The Bertz CT molecular complexity index is 964. The van der Waals surface area contributed by atoms with Crippen molar-refractivity contribution in [2.45, 2.75) is 57.8 Å². The smallest absolute Gasteiger partial charge is 0.319 e. The monoisotopic (exact) mass is 424 g/mol. The van der Waals surface area contributed by atoms with E-state index in [1.54, 1.807) is 0 Å². The van der Waals surface area contributed by atoms with Crippen molar-refractivity contribution in [2.75, 3.05) is 29.0 Å². The Kier molecular flexibility index (Phi) is 5.33. The zero-order valence-electron chi connectivity index (χ0n) is 17.8. The van der Waals surface area contributed by atoms with E-state index in [4.69, 9.17) is 4.74 Å². The van der Waals surface area contributed by atoms with Crippen molar-refractivity contribution in [3.05, 3.63) is 35.9 Å². The minimum atomic E-state index is -0.189. The number of rotatable bonds is 4. The lowest BCUT2D eigenvalue weighted by atomic mass is 10.2. The largest absolute Gasteiger partial charge is 0.364 e. The van der Waals surface area contributed by atoms with E-state index >= 15 is 0 Å². The fourth-order valence-electron chi connectivity index (χ4n) is 4.40. The number of carbonyl (C=O) groups is 1. The van der Waals surface area contributed by atoms with E-state index < -0.39 is 0 Å². The van der Waals surface area contributed by atoms with Crippen LogP contribution in [0.3, 0.4) is 0 Å². The number of anilines is 3. The third-order valence-electron chi connectivity index (χ3n) is 5.99. The molecule has 2 fully saturated rings. The summed E-state index contributed by atoms with van der Waals surface area (Å²) >= 11 is 0. The van der Waals surface area contributed by atoms with Gasteiger partial charge < -0.3 is 15.4 Å². The molecule has 31 heavy (non-hydrogen) atoms. The lowest BCUT2D eigenvalue weighted by molar-refractivity contribution is -0.0814. The van der Waals surface area contributed by atoms with Gasteiger partial charge in [0.15, 0.2) is 5.82 Å². The van der Waals surface area contributed by atoms with Gasteiger partial charge in [0, 0.05) is 18.3 Å². The van der Waals surface area contributed by atoms with Crippen LogP contribution in [0.4, 0.5) is 22.1 Å². The molecule has 1 aromatic carbocycles. The number of nitrogens with one attached hydrogen (secondary N) is 3. The molecule has 3 unspecified atom stereocenters. The standard InChI is InChI=1S/C21H28N8O2/c1-13-7-8-16(25-21(30)24-15-5-3-4-6-15)9-17(13)27-29-20-23-12-22-19(26-20)18-11-28(29)10-14(2)31-18/h7-9,12,14-15,18,27H,3-6,10-11H2,1-2H3,(H2,24,25,30). The van der Waals surface area contributed by atoms with Gasteiger partial charge in [-0.05, 0) is 44.4 Å². The van der Waals surface area contributed by atoms with E-state index in [2.05, 4.69) is 36.0 Å². The number of hydrogen-bond acceptors (Lipinski definition) is 8. The van der Waals surface area contributed by atoms with Crippen LogP contribution in [0.15, 0.2) is 24.5 Å². The summed E-state index contributed by atoms with van der Waals surface area (Å²) in [6.45, 7) is 5.39. The number of aromatic nitrogens is 3. The van der Waals surface area contributed by atoms with Crippen LogP contribution in [-0.4, -0.2) is 51.2 Å². The zero-order valence-corrected chi connectivity index (χ0v) is 17.8. The van der Waals surface area contributed by atoms with Crippen molar-refractivity contribution < 1.29 is 9.53 Å². The van der Waals surface area contributed by atoms with Crippen LogP contribution in [0.25, 0.3) is 0 Å². The van der Waals surface area contributed by atoms with E-state index in [0.29, 0.717) is 24.9 Å². The highest BCUT2D eigenvalue weighted by Gasteiger charge is 2.36. The highest BCUT2D eigenvalue weighted by molar-refractivity contribution is 5.90. The molecular formula is C21H28N8O2. The normalized spacial score (nSPS) is 25.1. The van der Waals surface area contributed by atoms with Crippen molar-refractivity contribution in [1.82, 2.24) is 25.3 Å². The quantitative estimate of drug-likeness (QED) is 0.688. The predicted octanol–water partition coefficient (Wildman–Crippen LogP) is 2.77. The fraction of sp³-hybridized carbons (Fsp3) is 0.524. The van der Waals surface area contributed by atoms with E-state index in [0.717, 1.165) is 29.8 Å². The predicted molar refractivity (Wildman–Crippen MR) is 116 cm³/mol. The van der Waals surface area contributed by atoms with Crippen molar-refractivity contribution in [3.8, 4) is 0 Å². The van der Waals surface area contributed by atoms with Crippen molar-refractivity contribution >= 4 is 23.4 Å². The molecule has 2 aromatic rings. The highest BCUT2D eigenvalue weighted by atomic mass is 16.5. The lowest BCUT2D eigenvalue weighted by Gasteiger charge is -2.40. The minimum absolute atomic E-state index is 0.0364. The number of fused-ring (bicyclic) bond motifs is 5. The maximum absolute atomic E-state index is 12.4. The molecule has 1 saturated carbocycles. The number of hydrazine groups is 2. The third kappa shape index (κ3) is 4.26. The molecule has 0 radical (unpaired) electrons. The molecule has 3 aliphatic rings. The highest BCUT2D eigenvalue weighted by Crippen LogP contribution is 2.30. The molecule has 4 bridgehead atoms. The number of aryl methyl sites for hydroxylation is 1. The molecule has 2 amide bonds. The van der Waals surface area contributed by atoms with Gasteiger partial charge in [-0.25, -0.2) is 9.78 Å². The summed E-state index contributed by atoms with van der Waals surface area (Å²) in [6.07, 6.45) is 5.82. The number of ether oxygens (including phenoxy) is 1. The summed E-state index contributed by atoms with van der Waals surface area (Å²) in [6, 6.07) is 5.93. The Labute approximate surface area is 181 Å². The Morgan fingerprint density at radius 1 is 1.19 bits per heavy atom. The van der Waals surface area contributed by atoms with Crippen molar-refractivity contribution in [3.63, 3.8) is 0 Å². The third-order valence-corrected chi connectivity index (χ3v) is 5.99. The maximum Gasteiger partial charge on any atom is 0.319 e. The first-order valence-electron chi connectivity index (χ1n) is 10.9. The summed E-state index contributed by atoms with van der Waals surface area (Å²) in [7, 11) is 0. The molecule has 3 N–H and O–H groups in total. The molecule has 2 aliphatic heterocycles. The molecule has 164 valence electrons. The number of amides is 2. The van der Waals surface area contributed by atoms with Gasteiger partial charge in [-0.15, -0.1) is 0 Å². The first kappa shape index (κ1) is 20.0. The Morgan fingerprint density at radius 3 is 2.87 bits per heavy atom. The van der Waals surface area contributed by atoms with Gasteiger partial charge in [0.05, 0.1) is 18.3 Å². The first-order valence-corrected chi connectivity index (χ1v) is 10.9. The number of urea groups is 1. The molecule has 1 aromatic heterocycles. The van der Waals surface area contributed by atoms with Crippen LogP contribution in [0, 0.1) is 6.92 Å². The summed E-state index contributed by atoms with van der Waals surface area (Å²) in [4.78, 5) is 25.6. The Morgan fingerprint density at radius 2 is 2.03 bits per heavy atom. The summed E-state index contributed by atoms with van der Waals surface area (Å²) in [5.41, 5.74) is 6.06. The second kappa shape index (κ2) is 8.27. The van der Waals surface area contributed by atoms with Crippen molar-refractivity contribution in [2.24, 2.45) is 0 Å². The molecule has 3 heterocycles. The summed E-state index contributed by atoms with van der Waals surface area (Å²) in [5.74, 6) is 1.16. The second-order valence-corrected chi connectivity index (χ2v) is 8.48. The van der Waals surface area contributed by atoms with Gasteiger partial charge in [-0.2, -0.15) is 20.1 Å². The van der Waals surface area contributed by atoms with E-state index in [1.807, 2.05) is 37.2 Å². The van der Waals surface area contributed by atoms with Gasteiger partial charge in [0.25, 0.3) is 5.95 Å². The molecule has 10 nitrogen and oxygen atoms in total. The molecule has 10 heteroatoms. The SMILES string of the molecule is Cc1ccc(NC(=O)NC2CCCC2)cc1NN1c2ncnc(n2)C2CN1CC(C)O2. The maximum atomic E-state index is 12.4. The van der Waals surface area contributed by atoms with E-state index in [9.17, 15) is 4.79 Å². The van der Waals surface area contributed by atoms with E-state index in [-0.39, 0.29) is 24.3 Å². The zero-order chi connectivity index (χ0) is 21.4. The molecule has 3 atom stereocenters. The number of morpholine rings is 1. The Hall–Kier alpha value is -2.98. The van der Waals surface area contributed by atoms with Gasteiger partial charge in [0.2, 0.25) is 0 Å². The van der Waals surface area contributed by atoms with E-state index in [1.165, 1.54) is 19.2 Å². The molecule has 0 spiro atoms. The number of carbonyl (C=O) groups excluding carboxylic acids is 1. The lowest BCUT2D eigenvalue weighted by Crippen LogP contribution is -2.54. The average molecular weight is 425 g/mol. The number of hydrogen-bond donors (Lipinski definition) is 3. The van der Waals surface area contributed by atoms with Crippen LogP contribution < -0.4 is 21.2 Å². The first-order chi connectivity index (χ1) is 15.0. The topological polar surface area (TPSA) is 108 Å². The summed E-state index contributed by atoms with van der Waals surface area (Å²) < 4.78 is 6.01. The minimum Gasteiger partial charge on any atom is -0.364 e. The van der Waals surface area contributed by atoms with Gasteiger partial charge in [-0.3, -0.25) is 5.43 Å². The number of nitrogens with zero attached hydrogens (tertiary/aromatic N) is 5. The molecule has 1 saturated heterocycles. The van der Waals surface area contributed by atoms with Gasteiger partial charge in [-0.1, -0.05) is 18.9 Å². The molecule has 5 rings (SSSR count). The van der Waals surface area contributed by atoms with Gasteiger partial charge in [0.1, 0.15) is 12.4 Å². The van der Waals surface area contributed by atoms with Crippen LogP contribution in [0.5, 0.6) is 0 Å². The molecule has 1 aliphatic carbocycles. The number of benzene rings is 1. The average Bonchev–Trinajstić information content (AvgIpc) is 3.24. The molecular weight excluding hydrogens is 396 g/mol. The fourth-order valence-corrected chi connectivity index (χ4v) is 4.40. The summed E-state index contributed by atoms with van der Waals surface area (Å²) in [5, 5.41) is 10.0.